The molecule has 0 fully saturated rings. The van der Waals surface area contributed by atoms with Crippen LogP contribution in [0.4, 0.5) is 10.1 Å². The smallest absolute Gasteiger partial charge is 0.256 e. The zero-order valence-electron chi connectivity index (χ0n) is 13.1. The number of nitrogens with one attached hydrogen (secondary N) is 1. The lowest BCUT2D eigenvalue weighted by molar-refractivity contribution is 0.0735. The average molecular weight is 348 g/mol. The zero-order valence-corrected chi connectivity index (χ0v) is 13.9. The Bertz CT molecular complexity index is 896. The number of carbonyl (C=O) groups excluding carboxylic acids is 1. The van der Waals surface area contributed by atoms with Crippen LogP contribution in [0.5, 0.6) is 0 Å². The monoisotopic (exact) mass is 348 g/mol. The van der Waals surface area contributed by atoms with Crippen LogP contribution in [-0.2, 0) is 23.0 Å². The number of nitrogens with zero attached hydrogens (tertiary/aromatic N) is 1. The molecule has 1 aliphatic rings. The molecule has 0 saturated carbocycles. The molecule has 0 aromatic heterocycles. The third-order valence-corrected chi connectivity index (χ3v) is 4.52. The fourth-order valence-electron chi connectivity index (χ4n) is 2.82. The summed E-state index contributed by atoms with van der Waals surface area (Å²) in [6.07, 6.45) is 1.70. The van der Waals surface area contributed by atoms with Crippen molar-refractivity contribution in [3.63, 3.8) is 0 Å². The molecule has 0 atom stereocenters. The largest absolute Gasteiger partial charge is 0.334 e. The fourth-order valence-corrected chi connectivity index (χ4v) is 3.40. The Balaban J connectivity index is 1.92. The van der Waals surface area contributed by atoms with E-state index in [4.69, 9.17) is 0 Å². The number of anilines is 1. The third-order valence-electron chi connectivity index (χ3n) is 3.93. The van der Waals surface area contributed by atoms with Gasteiger partial charge in [-0.05, 0) is 35.7 Å². The zero-order chi connectivity index (χ0) is 17.3. The normalized spacial score (nSPS) is 14.2. The summed E-state index contributed by atoms with van der Waals surface area (Å²) >= 11 is 0. The van der Waals surface area contributed by atoms with Gasteiger partial charge in [-0.1, -0.05) is 24.3 Å². The molecule has 0 spiro atoms. The second kappa shape index (κ2) is 6.24. The number of benzene rings is 2. The quantitative estimate of drug-likeness (QED) is 0.926. The number of hydrogen-bond acceptors (Lipinski definition) is 3. The molecule has 2 aromatic rings. The van der Waals surface area contributed by atoms with Crippen LogP contribution in [0.15, 0.2) is 42.5 Å². The van der Waals surface area contributed by atoms with Gasteiger partial charge in [0, 0.05) is 13.1 Å². The summed E-state index contributed by atoms with van der Waals surface area (Å²) in [6, 6.07) is 11.3. The van der Waals surface area contributed by atoms with Crippen LogP contribution in [0.25, 0.3) is 0 Å². The number of sulfonamides is 1. The van der Waals surface area contributed by atoms with E-state index in [0.717, 1.165) is 24.0 Å². The lowest BCUT2D eigenvalue weighted by Gasteiger charge is -2.29. The Morgan fingerprint density at radius 3 is 2.58 bits per heavy atom. The van der Waals surface area contributed by atoms with E-state index in [1.54, 1.807) is 4.90 Å². The number of halogens is 1. The topological polar surface area (TPSA) is 66.5 Å². The van der Waals surface area contributed by atoms with Gasteiger partial charge in [-0.3, -0.25) is 9.52 Å². The minimum Gasteiger partial charge on any atom is -0.334 e. The Labute approximate surface area is 140 Å². The molecule has 1 aliphatic heterocycles. The molecule has 3 rings (SSSR count). The van der Waals surface area contributed by atoms with Crippen molar-refractivity contribution in [2.24, 2.45) is 0 Å². The maximum atomic E-state index is 13.6. The number of amides is 1. The van der Waals surface area contributed by atoms with E-state index in [-0.39, 0.29) is 11.3 Å². The van der Waals surface area contributed by atoms with Gasteiger partial charge < -0.3 is 4.90 Å². The second-order valence-corrected chi connectivity index (χ2v) is 7.56. The van der Waals surface area contributed by atoms with Gasteiger partial charge in [-0.25, -0.2) is 12.8 Å². The van der Waals surface area contributed by atoms with Crippen molar-refractivity contribution in [1.29, 1.82) is 0 Å². The van der Waals surface area contributed by atoms with Crippen LogP contribution in [0, 0.1) is 5.82 Å². The van der Waals surface area contributed by atoms with E-state index in [9.17, 15) is 17.6 Å². The Morgan fingerprint density at radius 2 is 1.88 bits per heavy atom. The SMILES string of the molecule is CS(=O)(=O)Nc1ccc(F)cc1C(=O)N1CCc2ccccc2C1. The first-order chi connectivity index (χ1) is 11.3. The summed E-state index contributed by atoms with van der Waals surface area (Å²) in [7, 11) is -3.57. The maximum Gasteiger partial charge on any atom is 0.256 e. The summed E-state index contributed by atoms with van der Waals surface area (Å²) in [6.45, 7) is 0.925. The molecule has 0 saturated heterocycles. The van der Waals surface area contributed by atoms with Gasteiger partial charge >= 0.3 is 0 Å². The minimum atomic E-state index is -3.57. The van der Waals surface area contributed by atoms with Crippen LogP contribution in [-0.4, -0.2) is 32.0 Å². The van der Waals surface area contributed by atoms with Gasteiger partial charge in [0.05, 0.1) is 17.5 Å². The predicted octanol–water partition coefficient (Wildman–Crippen LogP) is 2.40. The Morgan fingerprint density at radius 1 is 1.17 bits per heavy atom. The first-order valence-corrected chi connectivity index (χ1v) is 9.36. The lowest BCUT2D eigenvalue weighted by Crippen LogP contribution is -2.36. The molecule has 126 valence electrons. The van der Waals surface area contributed by atoms with E-state index in [2.05, 4.69) is 4.72 Å². The molecule has 24 heavy (non-hydrogen) atoms. The predicted molar refractivity (Wildman–Crippen MR) is 89.8 cm³/mol. The molecule has 1 amide bonds. The second-order valence-electron chi connectivity index (χ2n) is 5.81. The maximum absolute atomic E-state index is 13.6. The molecular weight excluding hydrogens is 331 g/mol. The average Bonchev–Trinajstić information content (AvgIpc) is 2.54. The highest BCUT2D eigenvalue weighted by atomic mass is 32.2. The number of rotatable bonds is 3. The highest BCUT2D eigenvalue weighted by molar-refractivity contribution is 7.92. The van der Waals surface area contributed by atoms with E-state index in [1.165, 1.54) is 11.6 Å². The summed E-state index contributed by atoms with van der Waals surface area (Å²) < 4.78 is 38.8. The highest BCUT2D eigenvalue weighted by Gasteiger charge is 2.24. The van der Waals surface area contributed by atoms with Gasteiger partial charge in [-0.15, -0.1) is 0 Å². The van der Waals surface area contributed by atoms with Crippen LogP contribution in [0.3, 0.4) is 0 Å². The van der Waals surface area contributed by atoms with Crippen LogP contribution in [0.1, 0.15) is 21.5 Å². The summed E-state index contributed by atoms with van der Waals surface area (Å²) in [5, 5.41) is 0. The van der Waals surface area contributed by atoms with Gasteiger partial charge in [0.1, 0.15) is 5.82 Å². The van der Waals surface area contributed by atoms with Crippen molar-refractivity contribution in [3.05, 3.63) is 65.0 Å². The van der Waals surface area contributed by atoms with Crippen molar-refractivity contribution in [1.82, 2.24) is 4.90 Å². The van der Waals surface area contributed by atoms with Crippen LogP contribution < -0.4 is 4.72 Å². The third kappa shape index (κ3) is 3.56. The van der Waals surface area contributed by atoms with Gasteiger partial charge in [0.25, 0.3) is 5.91 Å². The van der Waals surface area contributed by atoms with E-state index < -0.39 is 21.7 Å². The summed E-state index contributed by atoms with van der Waals surface area (Å²) in [5.74, 6) is -0.982. The molecule has 1 heterocycles. The van der Waals surface area contributed by atoms with E-state index >= 15 is 0 Å². The van der Waals surface area contributed by atoms with Crippen molar-refractivity contribution in [2.45, 2.75) is 13.0 Å². The van der Waals surface area contributed by atoms with E-state index in [1.807, 2.05) is 24.3 Å². The van der Waals surface area contributed by atoms with Crippen LogP contribution >= 0.6 is 0 Å². The van der Waals surface area contributed by atoms with E-state index in [0.29, 0.717) is 19.5 Å². The Hall–Kier alpha value is -2.41. The molecule has 0 radical (unpaired) electrons. The van der Waals surface area contributed by atoms with Crippen molar-refractivity contribution in [3.8, 4) is 0 Å². The summed E-state index contributed by atoms with van der Waals surface area (Å²) in [5.41, 5.74) is 2.34. The molecule has 5 nitrogen and oxygen atoms in total. The van der Waals surface area contributed by atoms with Gasteiger partial charge in [0.15, 0.2) is 0 Å². The lowest BCUT2D eigenvalue weighted by atomic mass is 9.99. The van der Waals surface area contributed by atoms with Crippen molar-refractivity contribution in [2.75, 3.05) is 17.5 Å². The number of carbonyl (C=O) groups is 1. The summed E-state index contributed by atoms with van der Waals surface area (Å²) in [4.78, 5) is 14.4. The number of fused-ring (bicyclic) bond motifs is 1. The van der Waals surface area contributed by atoms with Crippen LogP contribution in [0.2, 0.25) is 0 Å². The molecule has 0 unspecified atom stereocenters. The molecule has 2 aromatic carbocycles. The minimum absolute atomic E-state index is 0.0137. The molecule has 0 bridgehead atoms. The first kappa shape index (κ1) is 16.4. The molecule has 1 N–H and O–H groups in total. The molecule has 7 heteroatoms. The van der Waals surface area contributed by atoms with Crippen molar-refractivity contribution >= 4 is 21.6 Å². The van der Waals surface area contributed by atoms with Gasteiger partial charge in [0.2, 0.25) is 10.0 Å². The fraction of sp³-hybridized carbons (Fsp3) is 0.235. The Kier molecular flexibility index (Phi) is 4.28. The highest BCUT2D eigenvalue weighted by Crippen LogP contribution is 2.24. The molecular formula is C17H17FN2O3S. The van der Waals surface area contributed by atoms with Crippen molar-refractivity contribution < 1.29 is 17.6 Å². The van der Waals surface area contributed by atoms with Gasteiger partial charge in [-0.2, -0.15) is 0 Å². The molecule has 0 aliphatic carbocycles. The number of hydrogen-bond donors (Lipinski definition) is 1. The standard InChI is InChI=1S/C17H17FN2O3S/c1-24(22,23)19-16-7-6-14(18)10-15(16)17(21)20-9-8-12-4-2-3-5-13(12)11-20/h2-7,10,19H,8-9,11H2,1H3. The first-order valence-electron chi connectivity index (χ1n) is 7.47.